The molecule has 1 rings (SSSR count). The summed E-state index contributed by atoms with van der Waals surface area (Å²) in [6.45, 7) is 5.42. The minimum absolute atomic E-state index is 0.204. The van der Waals surface area contributed by atoms with E-state index in [1.807, 2.05) is 6.92 Å². The van der Waals surface area contributed by atoms with Crippen molar-refractivity contribution >= 4 is 11.4 Å². The van der Waals surface area contributed by atoms with Crippen molar-refractivity contribution in [2.75, 3.05) is 11.5 Å². The molecule has 0 amide bonds. The van der Waals surface area contributed by atoms with Gasteiger partial charge in [0.05, 0.1) is 0 Å². The third-order valence-corrected chi connectivity index (χ3v) is 2.33. The van der Waals surface area contributed by atoms with Gasteiger partial charge in [-0.15, -0.1) is 0 Å². The fourth-order valence-electron chi connectivity index (χ4n) is 1.24. The standard InChI is InChI=1S/C9H14N2O/c1-4-7(10)5(2)9(12)6(3)8(4)11/h12H,10-11H2,1-3H3. The molecule has 1 aromatic carbocycles. The number of hydrogen-bond donors (Lipinski definition) is 3. The second-order valence-corrected chi connectivity index (χ2v) is 3.05. The van der Waals surface area contributed by atoms with Crippen molar-refractivity contribution in [1.82, 2.24) is 0 Å². The van der Waals surface area contributed by atoms with Gasteiger partial charge in [0.15, 0.2) is 0 Å². The lowest BCUT2D eigenvalue weighted by Gasteiger charge is -2.13. The summed E-state index contributed by atoms with van der Waals surface area (Å²) in [6.07, 6.45) is 0. The van der Waals surface area contributed by atoms with Gasteiger partial charge in [0.2, 0.25) is 0 Å². The molecule has 3 nitrogen and oxygen atoms in total. The van der Waals surface area contributed by atoms with Crippen LogP contribution in [0.2, 0.25) is 0 Å². The highest BCUT2D eigenvalue weighted by Crippen LogP contribution is 2.34. The van der Waals surface area contributed by atoms with Crippen LogP contribution in [0.3, 0.4) is 0 Å². The number of hydrogen-bond acceptors (Lipinski definition) is 3. The second-order valence-electron chi connectivity index (χ2n) is 3.05. The Morgan fingerprint density at radius 3 is 1.50 bits per heavy atom. The lowest BCUT2D eigenvalue weighted by atomic mass is 10.0. The van der Waals surface area contributed by atoms with Gasteiger partial charge in [-0.2, -0.15) is 0 Å². The topological polar surface area (TPSA) is 72.3 Å². The van der Waals surface area contributed by atoms with Crippen LogP contribution in [0.4, 0.5) is 11.4 Å². The lowest BCUT2D eigenvalue weighted by molar-refractivity contribution is 0.467. The summed E-state index contributed by atoms with van der Waals surface area (Å²) in [5.74, 6) is 0.204. The Morgan fingerprint density at radius 2 is 1.17 bits per heavy atom. The van der Waals surface area contributed by atoms with Gasteiger partial charge in [0, 0.05) is 22.5 Å². The first kappa shape index (κ1) is 8.71. The summed E-state index contributed by atoms with van der Waals surface area (Å²) in [7, 11) is 0. The number of nitrogens with two attached hydrogens (primary N) is 2. The fourth-order valence-corrected chi connectivity index (χ4v) is 1.24. The quantitative estimate of drug-likeness (QED) is 0.511. The first-order valence-corrected chi connectivity index (χ1v) is 3.80. The molecule has 0 saturated carbocycles. The minimum Gasteiger partial charge on any atom is -0.507 e. The van der Waals surface area contributed by atoms with E-state index < -0.39 is 0 Å². The normalized spacial score (nSPS) is 10.2. The van der Waals surface area contributed by atoms with Gasteiger partial charge in [0.1, 0.15) is 5.75 Å². The molecule has 0 unspecified atom stereocenters. The zero-order chi connectivity index (χ0) is 9.46. The average molecular weight is 166 g/mol. The van der Waals surface area contributed by atoms with Crippen LogP contribution in [0.5, 0.6) is 5.75 Å². The second kappa shape index (κ2) is 2.59. The molecule has 0 saturated heterocycles. The van der Waals surface area contributed by atoms with Gasteiger partial charge in [-0.1, -0.05) is 0 Å². The molecule has 0 spiro atoms. The van der Waals surface area contributed by atoms with E-state index in [0.29, 0.717) is 22.5 Å². The van der Waals surface area contributed by atoms with E-state index in [2.05, 4.69) is 0 Å². The maximum absolute atomic E-state index is 9.53. The van der Waals surface area contributed by atoms with Crippen molar-refractivity contribution in [1.29, 1.82) is 0 Å². The zero-order valence-electron chi connectivity index (χ0n) is 7.60. The van der Waals surface area contributed by atoms with Crippen molar-refractivity contribution in [3.8, 4) is 5.75 Å². The number of phenolic OH excluding ortho intramolecular Hbond substituents is 1. The molecule has 0 aromatic heterocycles. The molecule has 66 valence electrons. The van der Waals surface area contributed by atoms with E-state index in [4.69, 9.17) is 11.5 Å². The van der Waals surface area contributed by atoms with Crippen LogP contribution in [0.25, 0.3) is 0 Å². The van der Waals surface area contributed by atoms with Crippen LogP contribution in [0, 0.1) is 20.8 Å². The Hall–Kier alpha value is -1.38. The van der Waals surface area contributed by atoms with Gasteiger partial charge >= 0.3 is 0 Å². The van der Waals surface area contributed by atoms with E-state index in [1.54, 1.807) is 13.8 Å². The maximum atomic E-state index is 9.53. The highest BCUT2D eigenvalue weighted by atomic mass is 16.3. The average Bonchev–Trinajstić information content (AvgIpc) is 2.08. The monoisotopic (exact) mass is 166 g/mol. The SMILES string of the molecule is Cc1c(N)c(C)c(O)c(C)c1N. The summed E-state index contributed by atoms with van der Waals surface area (Å²) in [4.78, 5) is 0. The molecule has 5 N–H and O–H groups in total. The Balaban J connectivity index is 3.60. The Morgan fingerprint density at radius 1 is 0.833 bits per heavy atom. The molecule has 0 aliphatic carbocycles. The van der Waals surface area contributed by atoms with Crippen LogP contribution < -0.4 is 11.5 Å². The highest BCUT2D eigenvalue weighted by Gasteiger charge is 2.11. The smallest absolute Gasteiger partial charge is 0.125 e. The molecule has 0 heterocycles. The van der Waals surface area contributed by atoms with E-state index in [-0.39, 0.29) is 5.75 Å². The Kier molecular flexibility index (Phi) is 1.88. The number of phenols is 1. The van der Waals surface area contributed by atoms with Crippen LogP contribution in [0.1, 0.15) is 16.7 Å². The minimum atomic E-state index is 0.204. The third kappa shape index (κ3) is 0.978. The van der Waals surface area contributed by atoms with Crippen molar-refractivity contribution in [3.05, 3.63) is 16.7 Å². The first-order valence-electron chi connectivity index (χ1n) is 3.80. The lowest BCUT2D eigenvalue weighted by Crippen LogP contribution is -2.01. The van der Waals surface area contributed by atoms with Gasteiger partial charge in [-0.05, 0) is 26.3 Å². The molecule has 3 heteroatoms. The van der Waals surface area contributed by atoms with Crippen LogP contribution >= 0.6 is 0 Å². The molecule has 1 aromatic rings. The zero-order valence-corrected chi connectivity index (χ0v) is 7.60. The fraction of sp³-hybridized carbons (Fsp3) is 0.333. The number of benzene rings is 1. The largest absolute Gasteiger partial charge is 0.507 e. The van der Waals surface area contributed by atoms with Crippen LogP contribution in [-0.4, -0.2) is 5.11 Å². The maximum Gasteiger partial charge on any atom is 0.125 e. The van der Waals surface area contributed by atoms with Crippen molar-refractivity contribution in [3.63, 3.8) is 0 Å². The van der Waals surface area contributed by atoms with E-state index in [0.717, 1.165) is 5.56 Å². The van der Waals surface area contributed by atoms with E-state index in [9.17, 15) is 5.11 Å². The van der Waals surface area contributed by atoms with E-state index >= 15 is 0 Å². The first-order chi connectivity index (χ1) is 5.46. The predicted octanol–water partition coefficient (Wildman–Crippen LogP) is 1.48. The third-order valence-electron chi connectivity index (χ3n) is 2.33. The molecular weight excluding hydrogens is 152 g/mol. The molecule has 0 fully saturated rings. The number of anilines is 2. The van der Waals surface area contributed by atoms with Gasteiger partial charge in [-0.3, -0.25) is 0 Å². The highest BCUT2D eigenvalue weighted by molar-refractivity contribution is 5.72. The number of nitrogen functional groups attached to an aromatic ring is 2. The van der Waals surface area contributed by atoms with Gasteiger partial charge in [-0.25, -0.2) is 0 Å². The molecule has 0 aliphatic rings. The Bertz CT molecular complexity index is 227. The van der Waals surface area contributed by atoms with Crippen LogP contribution in [0.15, 0.2) is 0 Å². The summed E-state index contributed by atoms with van der Waals surface area (Å²) >= 11 is 0. The van der Waals surface area contributed by atoms with Gasteiger partial charge < -0.3 is 16.6 Å². The van der Waals surface area contributed by atoms with Crippen molar-refractivity contribution in [2.45, 2.75) is 20.8 Å². The Labute approximate surface area is 72.0 Å². The number of aromatic hydroxyl groups is 1. The number of rotatable bonds is 0. The van der Waals surface area contributed by atoms with Gasteiger partial charge in [0.25, 0.3) is 0 Å². The molecule has 0 atom stereocenters. The van der Waals surface area contributed by atoms with E-state index in [1.165, 1.54) is 0 Å². The summed E-state index contributed by atoms with van der Waals surface area (Å²) in [6, 6.07) is 0. The molecule has 0 radical (unpaired) electrons. The molecular formula is C9H14N2O. The van der Waals surface area contributed by atoms with Crippen molar-refractivity contribution < 1.29 is 5.11 Å². The van der Waals surface area contributed by atoms with Crippen LogP contribution in [-0.2, 0) is 0 Å². The van der Waals surface area contributed by atoms with Crippen molar-refractivity contribution in [2.24, 2.45) is 0 Å². The molecule has 12 heavy (non-hydrogen) atoms. The molecule has 0 aliphatic heterocycles. The predicted molar refractivity (Wildman–Crippen MR) is 51.1 cm³/mol. The molecule has 0 bridgehead atoms. The summed E-state index contributed by atoms with van der Waals surface area (Å²) in [5, 5.41) is 9.53. The summed E-state index contributed by atoms with van der Waals surface area (Å²) in [5.41, 5.74) is 14.8. The summed E-state index contributed by atoms with van der Waals surface area (Å²) < 4.78 is 0.